The van der Waals surface area contributed by atoms with Crippen molar-refractivity contribution < 1.29 is 23.7 Å². The molecule has 3 aliphatic rings. The third kappa shape index (κ3) is 5.27. The molecule has 1 spiro atoms. The predicted molar refractivity (Wildman–Crippen MR) is 116 cm³/mol. The molecule has 4 atom stereocenters. The minimum Gasteiger partial charge on any atom is -0.443 e. The largest absolute Gasteiger partial charge is 0.443 e. The van der Waals surface area contributed by atoms with E-state index in [9.17, 15) is 4.79 Å². The lowest BCUT2D eigenvalue weighted by molar-refractivity contribution is -0.0902. The second-order valence-electron chi connectivity index (χ2n) is 9.52. The van der Waals surface area contributed by atoms with Gasteiger partial charge in [0.25, 0.3) is 0 Å². The Hall–Kier alpha value is -1.37. The summed E-state index contributed by atoms with van der Waals surface area (Å²) in [5.41, 5.74) is 2.09. The highest BCUT2D eigenvalue weighted by Crippen LogP contribution is 2.50. The van der Waals surface area contributed by atoms with Crippen LogP contribution in [0.2, 0.25) is 0 Å². The molecule has 2 aliphatic carbocycles. The third-order valence-electron chi connectivity index (χ3n) is 6.96. The zero-order valence-corrected chi connectivity index (χ0v) is 19.3. The van der Waals surface area contributed by atoms with Gasteiger partial charge in [-0.15, -0.1) is 0 Å². The van der Waals surface area contributed by atoms with Gasteiger partial charge in [-0.2, -0.15) is 0 Å². The standard InChI is InChI=1S/C24H39NO5/c1-17(2)9-8-10-18(3)20-21(28-5)19(11-14-24(20)16-29-24)30-22(26)25-23(15-27-4)12-6-7-13-23/h9-10,19-21H,6-8,11-16H2,1-5H3,(H,25,26)/b18-10+/t19?,20?,21?,24-/m0/s1. The Morgan fingerprint density at radius 3 is 2.40 bits per heavy atom. The van der Waals surface area contributed by atoms with Crippen LogP contribution in [0, 0.1) is 5.92 Å². The van der Waals surface area contributed by atoms with Crippen LogP contribution in [0.15, 0.2) is 23.3 Å². The summed E-state index contributed by atoms with van der Waals surface area (Å²) in [6.07, 6.45) is 10.2. The van der Waals surface area contributed by atoms with Gasteiger partial charge in [0.2, 0.25) is 0 Å². The first-order valence-electron chi connectivity index (χ1n) is 11.3. The maximum absolute atomic E-state index is 12.8. The lowest BCUT2D eigenvalue weighted by atomic mass is 9.72. The molecule has 1 saturated heterocycles. The molecule has 6 heteroatoms. The number of methoxy groups -OCH3 is 2. The van der Waals surface area contributed by atoms with Crippen molar-refractivity contribution in [1.82, 2.24) is 5.32 Å². The van der Waals surface area contributed by atoms with Crippen LogP contribution in [0.3, 0.4) is 0 Å². The summed E-state index contributed by atoms with van der Waals surface area (Å²) in [5.74, 6) is 0.0963. The van der Waals surface area contributed by atoms with E-state index in [1.807, 2.05) is 0 Å². The fourth-order valence-corrected chi connectivity index (χ4v) is 5.35. The summed E-state index contributed by atoms with van der Waals surface area (Å²) in [4.78, 5) is 12.8. The summed E-state index contributed by atoms with van der Waals surface area (Å²) < 4.78 is 23.2. The lowest BCUT2D eigenvalue weighted by Crippen LogP contribution is -2.54. The average Bonchev–Trinajstić information content (AvgIpc) is 3.31. The molecule has 170 valence electrons. The monoisotopic (exact) mass is 421 g/mol. The molecule has 30 heavy (non-hydrogen) atoms. The van der Waals surface area contributed by atoms with E-state index in [-0.39, 0.29) is 35.4 Å². The number of hydrogen-bond acceptors (Lipinski definition) is 5. The van der Waals surface area contributed by atoms with Crippen LogP contribution < -0.4 is 5.32 Å². The molecule has 2 saturated carbocycles. The van der Waals surface area contributed by atoms with Crippen molar-refractivity contribution in [2.45, 2.75) is 89.1 Å². The van der Waals surface area contributed by atoms with Crippen LogP contribution in [0.4, 0.5) is 4.79 Å². The summed E-state index contributed by atoms with van der Waals surface area (Å²) in [5, 5.41) is 3.12. The molecule has 0 aromatic rings. The van der Waals surface area contributed by atoms with Crippen molar-refractivity contribution in [1.29, 1.82) is 0 Å². The number of hydrogen-bond donors (Lipinski definition) is 1. The van der Waals surface area contributed by atoms with E-state index in [0.717, 1.165) is 51.6 Å². The zero-order valence-electron chi connectivity index (χ0n) is 19.3. The average molecular weight is 422 g/mol. The van der Waals surface area contributed by atoms with Crippen LogP contribution >= 0.6 is 0 Å². The first-order valence-corrected chi connectivity index (χ1v) is 11.3. The van der Waals surface area contributed by atoms with E-state index in [4.69, 9.17) is 18.9 Å². The molecule has 0 radical (unpaired) electrons. The number of alkyl carbamates (subject to hydrolysis) is 1. The van der Waals surface area contributed by atoms with Crippen LogP contribution in [-0.2, 0) is 18.9 Å². The van der Waals surface area contributed by atoms with Crippen LogP contribution in [0.5, 0.6) is 0 Å². The van der Waals surface area contributed by atoms with Crippen molar-refractivity contribution in [3.8, 4) is 0 Å². The highest BCUT2D eigenvalue weighted by molar-refractivity contribution is 5.68. The van der Waals surface area contributed by atoms with Gasteiger partial charge in [-0.3, -0.25) is 0 Å². The predicted octanol–water partition coefficient (Wildman–Crippen LogP) is 4.54. The number of nitrogens with one attached hydrogen (secondary N) is 1. The Morgan fingerprint density at radius 1 is 1.13 bits per heavy atom. The summed E-state index contributed by atoms with van der Waals surface area (Å²) in [6.45, 7) is 7.63. The Labute approximate surface area is 181 Å². The molecular weight excluding hydrogens is 382 g/mol. The maximum Gasteiger partial charge on any atom is 0.408 e. The van der Waals surface area contributed by atoms with E-state index < -0.39 is 0 Å². The number of carbonyl (C=O) groups is 1. The topological polar surface area (TPSA) is 69.3 Å². The Kier molecular flexibility index (Phi) is 7.64. The van der Waals surface area contributed by atoms with Crippen molar-refractivity contribution in [2.75, 3.05) is 27.4 Å². The molecule has 3 unspecified atom stereocenters. The zero-order chi connectivity index (χ0) is 21.8. The van der Waals surface area contributed by atoms with Gasteiger partial charge in [0.05, 0.1) is 18.8 Å². The number of ether oxygens (including phenoxy) is 4. The van der Waals surface area contributed by atoms with Gasteiger partial charge in [0.1, 0.15) is 17.8 Å². The lowest BCUT2D eigenvalue weighted by Gasteiger charge is -2.41. The van der Waals surface area contributed by atoms with Gasteiger partial charge in [0.15, 0.2) is 0 Å². The minimum atomic E-state index is -0.362. The van der Waals surface area contributed by atoms with Gasteiger partial charge in [0, 0.05) is 20.1 Å². The Bertz CT molecular complexity index is 657. The molecule has 1 aliphatic heterocycles. The quantitative estimate of drug-likeness (QED) is 0.460. The third-order valence-corrected chi connectivity index (χ3v) is 6.96. The molecular formula is C24H39NO5. The van der Waals surface area contributed by atoms with Crippen molar-refractivity contribution in [3.05, 3.63) is 23.3 Å². The van der Waals surface area contributed by atoms with Crippen molar-refractivity contribution >= 4 is 6.09 Å². The molecule has 0 bridgehead atoms. The van der Waals surface area contributed by atoms with Crippen LogP contribution in [0.25, 0.3) is 0 Å². The molecule has 1 amide bonds. The van der Waals surface area contributed by atoms with Crippen molar-refractivity contribution in [2.24, 2.45) is 5.92 Å². The molecule has 1 N–H and O–H groups in total. The first-order chi connectivity index (χ1) is 14.3. The molecule has 6 nitrogen and oxygen atoms in total. The van der Waals surface area contributed by atoms with Crippen molar-refractivity contribution in [3.63, 3.8) is 0 Å². The Morgan fingerprint density at radius 2 is 1.83 bits per heavy atom. The smallest absolute Gasteiger partial charge is 0.408 e. The van der Waals surface area contributed by atoms with E-state index in [2.05, 4.69) is 38.2 Å². The molecule has 0 aromatic carbocycles. The molecule has 3 fully saturated rings. The fraction of sp³-hybridized carbons (Fsp3) is 0.792. The van der Waals surface area contributed by atoms with Crippen LogP contribution in [-0.4, -0.2) is 56.9 Å². The number of allylic oxidation sites excluding steroid dienone is 3. The summed E-state index contributed by atoms with van der Waals surface area (Å²) in [7, 11) is 3.39. The Balaban J connectivity index is 1.69. The second-order valence-corrected chi connectivity index (χ2v) is 9.52. The second kappa shape index (κ2) is 9.84. The SMILES string of the molecule is COCC1(NC(=O)OC2CC[C@]3(CO3)C(/C(C)=C/CC=C(C)C)C2OC)CCCC1. The van der Waals surface area contributed by atoms with E-state index in [1.54, 1.807) is 14.2 Å². The normalized spacial score (nSPS) is 32.7. The number of carbonyl (C=O) groups excluding carboxylic acids is 1. The van der Waals surface area contributed by atoms with Gasteiger partial charge in [-0.1, -0.05) is 36.1 Å². The highest BCUT2D eigenvalue weighted by Gasteiger charge is 2.60. The number of epoxide rings is 1. The molecule has 1 heterocycles. The minimum absolute atomic E-state index is 0.0963. The first kappa shape index (κ1) is 23.3. The van der Waals surface area contributed by atoms with Gasteiger partial charge in [-0.25, -0.2) is 4.79 Å². The van der Waals surface area contributed by atoms with E-state index in [1.165, 1.54) is 11.1 Å². The maximum atomic E-state index is 12.8. The van der Waals surface area contributed by atoms with Gasteiger partial charge in [-0.05, 0) is 52.9 Å². The van der Waals surface area contributed by atoms with E-state index >= 15 is 0 Å². The number of rotatable bonds is 8. The highest BCUT2D eigenvalue weighted by atomic mass is 16.6. The van der Waals surface area contributed by atoms with Crippen LogP contribution in [0.1, 0.15) is 65.7 Å². The van der Waals surface area contributed by atoms with Gasteiger partial charge >= 0.3 is 6.09 Å². The number of amides is 1. The van der Waals surface area contributed by atoms with E-state index in [0.29, 0.717) is 6.61 Å². The molecule has 3 rings (SSSR count). The fourth-order valence-electron chi connectivity index (χ4n) is 5.35. The summed E-state index contributed by atoms with van der Waals surface area (Å²) >= 11 is 0. The molecule has 0 aromatic heterocycles. The summed E-state index contributed by atoms with van der Waals surface area (Å²) in [6, 6.07) is 0. The van der Waals surface area contributed by atoms with Gasteiger partial charge < -0.3 is 24.3 Å².